The number of aliphatic hydroxyl groups excluding tert-OH is 1. The third-order valence-corrected chi connectivity index (χ3v) is 4.51. The van der Waals surface area contributed by atoms with E-state index >= 15 is 0 Å². The molecular formula is C17H27N3O3. The number of aryl methyl sites for hydroxylation is 1. The fourth-order valence-electron chi connectivity index (χ4n) is 3.29. The highest BCUT2D eigenvalue weighted by molar-refractivity contribution is 5.92. The number of carbonyl (C=O) groups excluding carboxylic acids is 1. The van der Waals surface area contributed by atoms with Gasteiger partial charge in [0.25, 0.3) is 11.5 Å². The lowest BCUT2D eigenvalue weighted by Gasteiger charge is -2.30. The second-order valence-corrected chi connectivity index (χ2v) is 6.27. The van der Waals surface area contributed by atoms with E-state index in [0.717, 1.165) is 19.3 Å². The van der Waals surface area contributed by atoms with Gasteiger partial charge < -0.3 is 10.4 Å². The Bertz CT molecular complexity index is 564. The van der Waals surface area contributed by atoms with Crippen LogP contribution >= 0.6 is 0 Å². The first-order chi connectivity index (χ1) is 11.2. The highest BCUT2D eigenvalue weighted by Crippen LogP contribution is 2.27. The third kappa shape index (κ3) is 4.89. The quantitative estimate of drug-likeness (QED) is 0.801. The molecule has 23 heavy (non-hydrogen) atoms. The second kappa shape index (κ2) is 8.82. The van der Waals surface area contributed by atoms with Crippen LogP contribution in [0.2, 0.25) is 0 Å². The number of aliphatic hydroxyl groups is 1. The molecule has 0 aromatic carbocycles. The highest BCUT2D eigenvalue weighted by Gasteiger charge is 2.25. The van der Waals surface area contributed by atoms with Gasteiger partial charge in [0.15, 0.2) is 0 Å². The SMILES string of the molecule is CCCn1nc(C(=O)NC(CCO)C2CCCCC2)ccc1=O. The first-order valence-corrected chi connectivity index (χ1v) is 8.65. The Morgan fingerprint density at radius 2 is 2.13 bits per heavy atom. The predicted molar refractivity (Wildman–Crippen MR) is 88.3 cm³/mol. The standard InChI is InChI=1S/C17H27N3O3/c1-2-11-20-16(22)9-8-15(19-20)17(23)18-14(10-12-21)13-6-4-3-5-7-13/h8-9,13-14,21H,2-7,10-12H2,1H3,(H,18,23). The number of hydrogen-bond acceptors (Lipinski definition) is 4. The second-order valence-electron chi connectivity index (χ2n) is 6.27. The van der Waals surface area contributed by atoms with Crippen LogP contribution in [0.15, 0.2) is 16.9 Å². The summed E-state index contributed by atoms with van der Waals surface area (Å²) in [5, 5.41) is 16.5. The Hall–Kier alpha value is -1.69. The van der Waals surface area contributed by atoms with Crippen LogP contribution in [0, 0.1) is 5.92 Å². The summed E-state index contributed by atoms with van der Waals surface area (Å²) in [5.41, 5.74) is 0.0689. The van der Waals surface area contributed by atoms with Gasteiger partial charge in [-0.05, 0) is 37.7 Å². The van der Waals surface area contributed by atoms with Gasteiger partial charge in [-0.3, -0.25) is 9.59 Å². The molecule has 1 amide bonds. The lowest BCUT2D eigenvalue weighted by atomic mass is 9.82. The lowest BCUT2D eigenvalue weighted by Crippen LogP contribution is -2.42. The average molecular weight is 321 g/mol. The van der Waals surface area contributed by atoms with Gasteiger partial charge in [0.05, 0.1) is 0 Å². The molecule has 1 fully saturated rings. The monoisotopic (exact) mass is 321 g/mol. The van der Waals surface area contributed by atoms with Crippen molar-refractivity contribution in [2.45, 2.75) is 64.5 Å². The molecule has 1 aromatic heterocycles. The first kappa shape index (κ1) is 17.7. The normalized spacial score (nSPS) is 17.0. The maximum atomic E-state index is 12.5. The minimum absolute atomic E-state index is 0.0267. The van der Waals surface area contributed by atoms with E-state index in [9.17, 15) is 14.7 Å². The van der Waals surface area contributed by atoms with E-state index in [2.05, 4.69) is 10.4 Å². The summed E-state index contributed by atoms with van der Waals surface area (Å²) < 4.78 is 1.33. The predicted octanol–water partition coefficient (Wildman–Crippen LogP) is 1.71. The van der Waals surface area contributed by atoms with Crippen LogP contribution in [0.5, 0.6) is 0 Å². The Balaban J connectivity index is 2.08. The lowest BCUT2D eigenvalue weighted by molar-refractivity contribution is 0.0892. The first-order valence-electron chi connectivity index (χ1n) is 8.65. The van der Waals surface area contributed by atoms with Crippen LogP contribution in [0.4, 0.5) is 0 Å². The van der Waals surface area contributed by atoms with Crippen molar-refractivity contribution in [3.8, 4) is 0 Å². The van der Waals surface area contributed by atoms with Crippen LogP contribution in [0.1, 0.15) is 62.4 Å². The number of nitrogens with one attached hydrogen (secondary N) is 1. The van der Waals surface area contributed by atoms with Crippen molar-refractivity contribution in [2.24, 2.45) is 5.92 Å². The van der Waals surface area contributed by atoms with E-state index in [1.807, 2.05) is 6.92 Å². The van der Waals surface area contributed by atoms with E-state index in [-0.39, 0.29) is 29.8 Å². The molecule has 1 atom stereocenters. The smallest absolute Gasteiger partial charge is 0.271 e. The Morgan fingerprint density at radius 1 is 1.39 bits per heavy atom. The van der Waals surface area contributed by atoms with Crippen molar-refractivity contribution in [1.29, 1.82) is 0 Å². The van der Waals surface area contributed by atoms with Crippen molar-refractivity contribution >= 4 is 5.91 Å². The molecule has 0 bridgehead atoms. The van der Waals surface area contributed by atoms with Gasteiger partial charge in [0, 0.05) is 25.3 Å². The Labute approximate surface area is 136 Å². The number of rotatable bonds is 7. The van der Waals surface area contributed by atoms with Gasteiger partial charge in [-0.25, -0.2) is 4.68 Å². The molecule has 6 heteroatoms. The number of hydrogen-bond donors (Lipinski definition) is 2. The zero-order valence-corrected chi connectivity index (χ0v) is 13.8. The topological polar surface area (TPSA) is 84.2 Å². The van der Waals surface area contributed by atoms with E-state index < -0.39 is 0 Å². The number of carbonyl (C=O) groups is 1. The summed E-state index contributed by atoms with van der Waals surface area (Å²) in [5.74, 6) is 0.153. The summed E-state index contributed by atoms with van der Waals surface area (Å²) in [6.07, 6.45) is 7.14. The van der Waals surface area contributed by atoms with Crippen molar-refractivity contribution < 1.29 is 9.90 Å². The molecule has 2 rings (SSSR count). The molecular weight excluding hydrogens is 294 g/mol. The maximum absolute atomic E-state index is 12.5. The van der Waals surface area contributed by atoms with Crippen LogP contribution < -0.4 is 10.9 Å². The molecule has 0 radical (unpaired) electrons. The average Bonchev–Trinajstić information content (AvgIpc) is 2.57. The Morgan fingerprint density at radius 3 is 2.78 bits per heavy atom. The summed E-state index contributed by atoms with van der Waals surface area (Å²) in [7, 11) is 0. The Kier molecular flexibility index (Phi) is 6.77. The van der Waals surface area contributed by atoms with Crippen LogP contribution in [-0.2, 0) is 6.54 Å². The molecule has 1 heterocycles. The van der Waals surface area contributed by atoms with Crippen LogP contribution in [0.3, 0.4) is 0 Å². The molecule has 128 valence electrons. The molecule has 0 saturated heterocycles. The fraction of sp³-hybridized carbons (Fsp3) is 0.706. The van der Waals surface area contributed by atoms with Gasteiger partial charge in [-0.15, -0.1) is 0 Å². The van der Waals surface area contributed by atoms with Gasteiger partial charge in [-0.2, -0.15) is 5.10 Å². The molecule has 1 unspecified atom stereocenters. The molecule has 1 aliphatic carbocycles. The number of amides is 1. The number of nitrogens with zero attached hydrogens (tertiary/aromatic N) is 2. The molecule has 2 N–H and O–H groups in total. The van der Waals surface area contributed by atoms with Crippen molar-refractivity contribution in [3.63, 3.8) is 0 Å². The van der Waals surface area contributed by atoms with E-state index in [4.69, 9.17) is 0 Å². The molecule has 0 aliphatic heterocycles. The minimum Gasteiger partial charge on any atom is -0.396 e. The molecule has 0 spiro atoms. The van der Waals surface area contributed by atoms with Gasteiger partial charge in [0.2, 0.25) is 0 Å². The summed E-state index contributed by atoms with van der Waals surface area (Å²) >= 11 is 0. The molecule has 1 saturated carbocycles. The summed E-state index contributed by atoms with van der Waals surface area (Å²) in [6.45, 7) is 2.52. The summed E-state index contributed by atoms with van der Waals surface area (Å²) in [4.78, 5) is 24.2. The van der Waals surface area contributed by atoms with Crippen molar-refractivity contribution in [2.75, 3.05) is 6.61 Å². The third-order valence-electron chi connectivity index (χ3n) is 4.51. The van der Waals surface area contributed by atoms with Crippen LogP contribution in [-0.4, -0.2) is 33.4 Å². The summed E-state index contributed by atoms with van der Waals surface area (Å²) in [6, 6.07) is 2.83. The van der Waals surface area contributed by atoms with Gasteiger partial charge in [0.1, 0.15) is 5.69 Å². The zero-order chi connectivity index (χ0) is 16.7. The minimum atomic E-state index is -0.265. The highest BCUT2D eigenvalue weighted by atomic mass is 16.3. The molecule has 1 aliphatic rings. The number of aromatic nitrogens is 2. The molecule has 6 nitrogen and oxygen atoms in total. The van der Waals surface area contributed by atoms with Crippen molar-refractivity contribution in [1.82, 2.24) is 15.1 Å². The van der Waals surface area contributed by atoms with Crippen molar-refractivity contribution in [3.05, 3.63) is 28.2 Å². The van der Waals surface area contributed by atoms with E-state index in [1.165, 1.54) is 36.1 Å². The van der Waals surface area contributed by atoms with Gasteiger partial charge in [-0.1, -0.05) is 26.2 Å². The molecule has 1 aromatic rings. The van der Waals surface area contributed by atoms with E-state index in [0.29, 0.717) is 18.9 Å². The van der Waals surface area contributed by atoms with Crippen LogP contribution in [0.25, 0.3) is 0 Å². The maximum Gasteiger partial charge on any atom is 0.271 e. The zero-order valence-electron chi connectivity index (χ0n) is 13.8. The largest absolute Gasteiger partial charge is 0.396 e. The van der Waals surface area contributed by atoms with E-state index in [1.54, 1.807) is 0 Å². The van der Waals surface area contributed by atoms with Gasteiger partial charge >= 0.3 is 0 Å². The fourth-order valence-corrected chi connectivity index (χ4v) is 3.29.